The molecule has 0 amide bonds. The number of aliphatic hydroxyl groups is 2. The van der Waals surface area contributed by atoms with Gasteiger partial charge in [0.05, 0.1) is 11.7 Å². The molecule has 4 aliphatic rings. The first-order valence-electron chi connectivity index (χ1n) is 13.8. The molecule has 0 saturated heterocycles. The van der Waals surface area contributed by atoms with Crippen molar-refractivity contribution in [3.8, 4) is 0 Å². The van der Waals surface area contributed by atoms with E-state index in [1.807, 2.05) is 0 Å². The van der Waals surface area contributed by atoms with Crippen molar-refractivity contribution >= 4 is 0 Å². The minimum atomic E-state index is -0.421. The molecular formula is C29H50O2. The van der Waals surface area contributed by atoms with E-state index in [-0.39, 0.29) is 6.10 Å². The summed E-state index contributed by atoms with van der Waals surface area (Å²) in [5.74, 6) is 5.49. The molecular weight excluding hydrogens is 380 g/mol. The first kappa shape index (κ1) is 23.8. The Kier molecular flexibility index (Phi) is 7.01. The maximum Gasteiger partial charge on any atom is 0.0682 e. The Morgan fingerprint density at radius 1 is 1.03 bits per heavy atom. The number of hydrogen-bond acceptors (Lipinski definition) is 2. The molecule has 2 nitrogen and oxygen atoms in total. The average Bonchev–Trinajstić information content (AvgIpc) is 3.10. The van der Waals surface area contributed by atoms with Gasteiger partial charge in [0.25, 0.3) is 0 Å². The summed E-state index contributed by atoms with van der Waals surface area (Å²) in [5.41, 5.74) is 1.73. The van der Waals surface area contributed by atoms with Crippen LogP contribution in [0.15, 0.2) is 11.6 Å². The van der Waals surface area contributed by atoms with Crippen LogP contribution in [0.25, 0.3) is 0 Å². The van der Waals surface area contributed by atoms with Crippen molar-refractivity contribution in [1.29, 1.82) is 0 Å². The summed E-state index contributed by atoms with van der Waals surface area (Å²) in [5, 5.41) is 21.1. The first-order chi connectivity index (χ1) is 14.7. The van der Waals surface area contributed by atoms with Gasteiger partial charge in [0.2, 0.25) is 0 Å². The summed E-state index contributed by atoms with van der Waals surface area (Å²) in [7, 11) is 0. The highest BCUT2D eigenvalue weighted by Gasteiger charge is 2.57. The van der Waals surface area contributed by atoms with Gasteiger partial charge < -0.3 is 10.2 Å². The number of hydrogen-bond donors (Lipinski definition) is 2. The van der Waals surface area contributed by atoms with Gasteiger partial charge in [-0.05, 0) is 111 Å². The summed E-state index contributed by atoms with van der Waals surface area (Å²) >= 11 is 0. The standard InChI is InChI=1S/C29H50O2/c1-6-29(31)17-15-22-21(18-29)10-11-24-23(22)14-16-28(5)25(12-13-26(24)28)20(4)8-7-9-27(30)19(2)3/h10,19-20,22-27,30-31H,6-9,11-18H2,1-5H3/t20?,22-,23+,24+,25+,26-,27+,28+,29-/m0/s1. The fourth-order valence-corrected chi connectivity index (χ4v) is 8.83. The Balaban J connectivity index is 1.41. The molecule has 0 aromatic heterocycles. The predicted octanol–water partition coefficient (Wildman–Crippen LogP) is 7.14. The van der Waals surface area contributed by atoms with E-state index in [9.17, 15) is 10.2 Å². The summed E-state index contributed by atoms with van der Waals surface area (Å²) in [4.78, 5) is 0. The molecule has 178 valence electrons. The van der Waals surface area contributed by atoms with Crippen LogP contribution in [0, 0.1) is 46.8 Å². The van der Waals surface area contributed by atoms with E-state index in [1.165, 1.54) is 51.4 Å². The lowest BCUT2D eigenvalue weighted by atomic mass is 9.50. The van der Waals surface area contributed by atoms with Crippen LogP contribution in [0.3, 0.4) is 0 Å². The van der Waals surface area contributed by atoms with Crippen molar-refractivity contribution in [1.82, 2.24) is 0 Å². The number of fused-ring (bicyclic) bond motifs is 5. The average molecular weight is 431 g/mol. The second kappa shape index (κ2) is 9.13. The van der Waals surface area contributed by atoms with Gasteiger partial charge in [-0.3, -0.25) is 0 Å². The van der Waals surface area contributed by atoms with Crippen LogP contribution in [0.2, 0.25) is 0 Å². The quantitative estimate of drug-likeness (QED) is 0.421. The van der Waals surface area contributed by atoms with E-state index < -0.39 is 5.60 Å². The minimum absolute atomic E-state index is 0.126. The van der Waals surface area contributed by atoms with Gasteiger partial charge in [-0.2, -0.15) is 0 Å². The maximum absolute atomic E-state index is 10.9. The van der Waals surface area contributed by atoms with Crippen LogP contribution in [-0.4, -0.2) is 21.9 Å². The zero-order valence-corrected chi connectivity index (χ0v) is 21.1. The van der Waals surface area contributed by atoms with E-state index in [4.69, 9.17) is 0 Å². The molecule has 2 N–H and O–H groups in total. The molecule has 0 aliphatic heterocycles. The zero-order valence-electron chi connectivity index (χ0n) is 21.1. The van der Waals surface area contributed by atoms with E-state index in [2.05, 4.69) is 40.7 Å². The van der Waals surface area contributed by atoms with Gasteiger partial charge in [0.1, 0.15) is 0 Å². The largest absolute Gasteiger partial charge is 0.393 e. The van der Waals surface area contributed by atoms with Gasteiger partial charge in [-0.1, -0.05) is 59.1 Å². The summed E-state index contributed by atoms with van der Waals surface area (Å²) in [6, 6.07) is 0. The Morgan fingerprint density at radius 3 is 2.52 bits per heavy atom. The van der Waals surface area contributed by atoms with Gasteiger partial charge >= 0.3 is 0 Å². The van der Waals surface area contributed by atoms with Crippen molar-refractivity contribution in [2.75, 3.05) is 0 Å². The van der Waals surface area contributed by atoms with Crippen LogP contribution in [0.1, 0.15) is 112 Å². The number of rotatable bonds is 7. The Bertz CT molecular complexity index is 653. The molecule has 0 radical (unpaired) electrons. The van der Waals surface area contributed by atoms with E-state index in [0.717, 1.165) is 61.2 Å². The number of aliphatic hydroxyl groups excluding tert-OH is 1. The van der Waals surface area contributed by atoms with E-state index in [0.29, 0.717) is 11.3 Å². The van der Waals surface area contributed by atoms with Gasteiger partial charge in [-0.15, -0.1) is 0 Å². The fourth-order valence-electron chi connectivity index (χ4n) is 8.83. The van der Waals surface area contributed by atoms with E-state index >= 15 is 0 Å². The lowest BCUT2D eigenvalue weighted by Gasteiger charge is -2.55. The smallest absolute Gasteiger partial charge is 0.0682 e. The molecule has 31 heavy (non-hydrogen) atoms. The summed E-state index contributed by atoms with van der Waals surface area (Å²) in [6.45, 7) is 11.6. The van der Waals surface area contributed by atoms with Gasteiger partial charge in [0, 0.05) is 0 Å². The molecule has 2 heteroatoms. The van der Waals surface area contributed by atoms with Gasteiger partial charge in [0.15, 0.2) is 0 Å². The molecule has 0 spiro atoms. The highest BCUT2D eigenvalue weighted by Crippen LogP contribution is 2.65. The molecule has 0 bridgehead atoms. The number of allylic oxidation sites excluding steroid dienone is 1. The summed E-state index contributed by atoms with van der Waals surface area (Å²) < 4.78 is 0. The molecule has 3 fully saturated rings. The van der Waals surface area contributed by atoms with E-state index in [1.54, 1.807) is 5.57 Å². The van der Waals surface area contributed by atoms with Crippen LogP contribution in [0.4, 0.5) is 0 Å². The zero-order chi connectivity index (χ0) is 22.4. The predicted molar refractivity (Wildman–Crippen MR) is 130 cm³/mol. The normalized spacial score (nSPS) is 44.3. The molecule has 0 aromatic rings. The lowest BCUT2D eigenvalue weighted by molar-refractivity contribution is -0.0461. The maximum atomic E-state index is 10.9. The highest BCUT2D eigenvalue weighted by atomic mass is 16.3. The van der Waals surface area contributed by atoms with Crippen molar-refractivity contribution in [2.45, 2.75) is 123 Å². The minimum Gasteiger partial charge on any atom is -0.393 e. The van der Waals surface area contributed by atoms with Crippen molar-refractivity contribution in [3.05, 3.63) is 11.6 Å². The SMILES string of the molecule is CC[C@]1(O)CC[C@H]2C(=CC[C@@H]3[C@@H]2CC[C@]2(C)[C@@H](C(C)CCC[C@@H](O)C(C)C)CC[C@@H]32)C1. The van der Waals surface area contributed by atoms with Crippen molar-refractivity contribution in [3.63, 3.8) is 0 Å². The second-order valence-electron chi connectivity index (χ2n) is 12.8. The third kappa shape index (κ3) is 4.42. The Labute approximate surface area is 192 Å². The van der Waals surface area contributed by atoms with Crippen LogP contribution in [-0.2, 0) is 0 Å². The monoisotopic (exact) mass is 430 g/mol. The third-order valence-electron chi connectivity index (χ3n) is 10.9. The van der Waals surface area contributed by atoms with Crippen LogP contribution >= 0.6 is 0 Å². The molecule has 1 unspecified atom stereocenters. The Morgan fingerprint density at radius 2 is 1.81 bits per heavy atom. The fraction of sp³-hybridized carbons (Fsp3) is 0.931. The third-order valence-corrected chi connectivity index (χ3v) is 10.9. The summed E-state index contributed by atoms with van der Waals surface area (Å²) in [6.07, 6.45) is 17.0. The lowest BCUT2D eigenvalue weighted by Crippen LogP contribution is -2.48. The highest BCUT2D eigenvalue weighted by molar-refractivity contribution is 5.22. The topological polar surface area (TPSA) is 40.5 Å². The van der Waals surface area contributed by atoms with Crippen LogP contribution < -0.4 is 0 Å². The molecule has 0 heterocycles. The Hall–Kier alpha value is -0.340. The molecule has 9 atom stereocenters. The van der Waals surface area contributed by atoms with Crippen LogP contribution in [0.5, 0.6) is 0 Å². The van der Waals surface area contributed by atoms with Gasteiger partial charge in [-0.25, -0.2) is 0 Å². The molecule has 4 rings (SSSR count). The second-order valence-corrected chi connectivity index (χ2v) is 12.8. The first-order valence-corrected chi connectivity index (χ1v) is 13.8. The molecule has 0 aromatic carbocycles. The molecule has 3 saturated carbocycles. The molecule has 4 aliphatic carbocycles. The van der Waals surface area contributed by atoms with Crippen molar-refractivity contribution < 1.29 is 10.2 Å². The van der Waals surface area contributed by atoms with Crippen molar-refractivity contribution in [2.24, 2.45) is 46.8 Å².